The van der Waals surface area contributed by atoms with Crippen LogP contribution < -0.4 is 4.90 Å². The Bertz CT molecular complexity index is 2230. The number of fused-ring (bicyclic) bond motifs is 1. The molecule has 0 radical (unpaired) electrons. The van der Waals surface area contributed by atoms with Crippen LogP contribution in [0.4, 0.5) is 17.1 Å². The Morgan fingerprint density at radius 3 is 1.43 bits per heavy atom. The summed E-state index contributed by atoms with van der Waals surface area (Å²) in [5.74, 6) is 0. The van der Waals surface area contributed by atoms with Crippen LogP contribution in [-0.4, -0.2) is 9.97 Å². The molecule has 0 N–H and O–H groups in total. The third-order valence-electron chi connectivity index (χ3n) is 8.45. The zero-order valence-electron chi connectivity index (χ0n) is 25.7. The van der Waals surface area contributed by atoms with E-state index in [1.54, 1.807) is 0 Å². The van der Waals surface area contributed by atoms with Gasteiger partial charge in [-0.2, -0.15) is 0 Å². The molecule has 3 nitrogen and oxygen atoms in total. The van der Waals surface area contributed by atoms with Crippen molar-refractivity contribution in [2.45, 2.75) is 0 Å². The molecular formula is C44H31N3. The molecule has 0 fully saturated rings. The molecule has 1 heterocycles. The summed E-state index contributed by atoms with van der Waals surface area (Å²) in [4.78, 5) is 13.0. The van der Waals surface area contributed by atoms with Crippen LogP contribution in [0.1, 0.15) is 0 Å². The first kappa shape index (κ1) is 28.2. The SMILES string of the molecule is c1ccc(-c2cccc(-c3cccc4nc(-c5ccc(N(c6ccccc6)c6ccccc6)cc5)c(-c5ccccc5)nc34)c2)cc1. The van der Waals surface area contributed by atoms with Gasteiger partial charge in [0.25, 0.3) is 0 Å². The van der Waals surface area contributed by atoms with Gasteiger partial charge >= 0.3 is 0 Å². The zero-order chi connectivity index (χ0) is 31.4. The molecule has 47 heavy (non-hydrogen) atoms. The molecule has 0 bridgehead atoms. The summed E-state index contributed by atoms with van der Waals surface area (Å²) in [5.41, 5.74) is 13.3. The number of nitrogens with zero attached hydrogens (tertiary/aromatic N) is 3. The number of hydrogen-bond donors (Lipinski definition) is 0. The number of hydrogen-bond acceptors (Lipinski definition) is 3. The van der Waals surface area contributed by atoms with Gasteiger partial charge in [-0.3, -0.25) is 0 Å². The van der Waals surface area contributed by atoms with Crippen LogP contribution in [0.15, 0.2) is 188 Å². The maximum atomic E-state index is 5.38. The van der Waals surface area contributed by atoms with Crippen LogP contribution >= 0.6 is 0 Å². The highest BCUT2D eigenvalue weighted by molar-refractivity contribution is 5.96. The van der Waals surface area contributed by atoms with Crippen LogP contribution in [0.5, 0.6) is 0 Å². The van der Waals surface area contributed by atoms with Gasteiger partial charge in [-0.15, -0.1) is 0 Å². The molecule has 0 aliphatic rings. The highest BCUT2D eigenvalue weighted by Crippen LogP contribution is 2.38. The van der Waals surface area contributed by atoms with Crippen LogP contribution in [0, 0.1) is 0 Å². The fourth-order valence-corrected chi connectivity index (χ4v) is 6.18. The average Bonchev–Trinajstić information content (AvgIpc) is 3.16. The molecule has 0 aliphatic carbocycles. The predicted molar refractivity (Wildman–Crippen MR) is 196 cm³/mol. The fourth-order valence-electron chi connectivity index (χ4n) is 6.18. The Labute approximate surface area is 275 Å². The number of aromatic nitrogens is 2. The Morgan fingerprint density at radius 1 is 0.319 bits per heavy atom. The molecule has 8 aromatic rings. The fraction of sp³-hybridized carbons (Fsp3) is 0. The van der Waals surface area contributed by atoms with Crippen LogP contribution in [-0.2, 0) is 0 Å². The van der Waals surface area contributed by atoms with Gasteiger partial charge in [0, 0.05) is 33.8 Å². The topological polar surface area (TPSA) is 29.0 Å². The predicted octanol–water partition coefficient (Wildman–Crippen LogP) is 11.8. The van der Waals surface area contributed by atoms with Gasteiger partial charge < -0.3 is 4.90 Å². The summed E-state index contributed by atoms with van der Waals surface area (Å²) in [6.07, 6.45) is 0. The van der Waals surface area contributed by atoms with E-state index in [0.29, 0.717) is 0 Å². The minimum absolute atomic E-state index is 0.858. The van der Waals surface area contributed by atoms with Gasteiger partial charge in [0.05, 0.1) is 22.4 Å². The van der Waals surface area contributed by atoms with Crippen molar-refractivity contribution in [1.82, 2.24) is 9.97 Å². The monoisotopic (exact) mass is 601 g/mol. The molecule has 1 aromatic heterocycles. The van der Waals surface area contributed by atoms with Gasteiger partial charge in [-0.05, 0) is 65.2 Å². The normalized spacial score (nSPS) is 11.0. The zero-order valence-corrected chi connectivity index (χ0v) is 25.7. The van der Waals surface area contributed by atoms with Crippen molar-refractivity contribution < 1.29 is 0 Å². The maximum Gasteiger partial charge on any atom is 0.0973 e. The second kappa shape index (κ2) is 12.6. The van der Waals surface area contributed by atoms with E-state index in [1.165, 1.54) is 11.1 Å². The van der Waals surface area contributed by atoms with Gasteiger partial charge in [-0.25, -0.2) is 9.97 Å². The van der Waals surface area contributed by atoms with Crippen LogP contribution in [0.25, 0.3) is 55.8 Å². The molecule has 3 heteroatoms. The van der Waals surface area contributed by atoms with Crippen molar-refractivity contribution in [2.24, 2.45) is 0 Å². The lowest BCUT2D eigenvalue weighted by atomic mass is 9.97. The van der Waals surface area contributed by atoms with Gasteiger partial charge in [-0.1, -0.05) is 140 Å². The van der Waals surface area contributed by atoms with E-state index in [2.05, 4.69) is 169 Å². The lowest BCUT2D eigenvalue weighted by Crippen LogP contribution is -2.09. The molecule has 222 valence electrons. The molecule has 0 saturated heterocycles. The lowest BCUT2D eigenvalue weighted by molar-refractivity contribution is 1.27. The molecule has 8 rings (SSSR count). The minimum atomic E-state index is 0.858. The van der Waals surface area contributed by atoms with E-state index >= 15 is 0 Å². The molecule has 0 amide bonds. The Kier molecular flexibility index (Phi) is 7.54. The van der Waals surface area contributed by atoms with Crippen molar-refractivity contribution in [3.05, 3.63) is 188 Å². The standard InChI is InChI=1S/C44H31N3/c1-5-15-32(16-6-1)35-19-13-20-36(31-35)40-25-14-26-41-44(40)46-43(33-17-7-2-8-18-33)42(45-41)34-27-29-39(30-28-34)47(37-21-9-3-10-22-37)38-23-11-4-12-24-38/h1-31H. The van der Waals surface area contributed by atoms with E-state index in [4.69, 9.17) is 9.97 Å². The largest absolute Gasteiger partial charge is 0.311 e. The summed E-state index contributed by atoms with van der Waals surface area (Å²) in [6.45, 7) is 0. The first-order valence-electron chi connectivity index (χ1n) is 15.8. The van der Waals surface area contributed by atoms with Gasteiger partial charge in [0.15, 0.2) is 0 Å². The van der Waals surface area contributed by atoms with E-state index in [1.807, 2.05) is 24.3 Å². The molecule has 7 aromatic carbocycles. The highest BCUT2D eigenvalue weighted by atomic mass is 15.1. The minimum Gasteiger partial charge on any atom is -0.311 e. The quantitative estimate of drug-likeness (QED) is 0.182. The number of benzene rings is 7. The maximum absolute atomic E-state index is 5.38. The summed E-state index contributed by atoms with van der Waals surface area (Å²) in [5, 5.41) is 0. The molecule has 0 saturated carbocycles. The smallest absolute Gasteiger partial charge is 0.0973 e. The van der Waals surface area contributed by atoms with Crippen LogP contribution in [0.3, 0.4) is 0 Å². The van der Waals surface area contributed by atoms with E-state index < -0.39 is 0 Å². The van der Waals surface area contributed by atoms with E-state index in [0.717, 1.165) is 61.7 Å². The third kappa shape index (κ3) is 5.67. The molecule has 0 atom stereocenters. The second-order valence-corrected chi connectivity index (χ2v) is 11.5. The Morgan fingerprint density at radius 2 is 0.787 bits per heavy atom. The molecule has 0 aliphatic heterocycles. The number of para-hydroxylation sites is 3. The summed E-state index contributed by atoms with van der Waals surface area (Å²) in [6, 6.07) is 65.4. The second-order valence-electron chi connectivity index (χ2n) is 11.5. The first-order valence-corrected chi connectivity index (χ1v) is 15.8. The Balaban J connectivity index is 1.25. The summed E-state index contributed by atoms with van der Waals surface area (Å²) in [7, 11) is 0. The molecular weight excluding hydrogens is 571 g/mol. The van der Waals surface area contributed by atoms with Crippen molar-refractivity contribution in [3.63, 3.8) is 0 Å². The van der Waals surface area contributed by atoms with Crippen LogP contribution in [0.2, 0.25) is 0 Å². The van der Waals surface area contributed by atoms with E-state index in [-0.39, 0.29) is 0 Å². The van der Waals surface area contributed by atoms with Crippen molar-refractivity contribution in [1.29, 1.82) is 0 Å². The summed E-state index contributed by atoms with van der Waals surface area (Å²) >= 11 is 0. The molecule has 0 unspecified atom stereocenters. The molecule has 0 spiro atoms. The number of anilines is 3. The van der Waals surface area contributed by atoms with Crippen molar-refractivity contribution >= 4 is 28.1 Å². The van der Waals surface area contributed by atoms with Crippen molar-refractivity contribution in [3.8, 4) is 44.8 Å². The highest BCUT2D eigenvalue weighted by Gasteiger charge is 2.18. The van der Waals surface area contributed by atoms with Gasteiger partial charge in [0.2, 0.25) is 0 Å². The lowest BCUT2D eigenvalue weighted by Gasteiger charge is -2.25. The van der Waals surface area contributed by atoms with E-state index in [9.17, 15) is 0 Å². The first-order chi connectivity index (χ1) is 23.3. The Hall–Kier alpha value is -6.32. The third-order valence-corrected chi connectivity index (χ3v) is 8.45. The average molecular weight is 602 g/mol. The van der Waals surface area contributed by atoms with Gasteiger partial charge in [0.1, 0.15) is 0 Å². The van der Waals surface area contributed by atoms with Crippen molar-refractivity contribution in [2.75, 3.05) is 4.90 Å². The number of rotatable bonds is 7. The summed E-state index contributed by atoms with van der Waals surface area (Å²) < 4.78 is 0.